The molecule has 0 bridgehead atoms. The van der Waals surface area contributed by atoms with Crippen LogP contribution in [-0.2, 0) is 0 Å². The first-order valence-corrected chi connectivity index (χ1v) is 10.5. The van der Waals surface area contributed by atoms with E-state index in [1.54, 1.807) is 17.0 Å². The number of hydrogen-bond donors (Lipinski definition) is 0. The predicted molar refractivity (Wildman–Crippen MR) is 120 cm³/mol. The van der Waals surface area contributed by atoms with Crippen LogP contribution in [0.2, 0.25) is 10.0 Å². The summed E-state index contributed by atoms with van der Waals surface area (Å²) >= 11 is 11.9. The first kappa shape index (κ1) is 22.9. The van der Waals surface area contributed by atoms with Crippen LogP contribution in [0.25, 0.3) is 0 Å². The first-order chi connectivity index (χ1) is 15.7. The molecule has 3 aromatic rings. The molecule has 1 heterocycles. The highest BCUT2D eigenvalue weighted by atomic mass is 35.5. The molecule has 7 nitrogen and oxygen atoms in total. The summed E-state index contributed by atoms with van der Waals surface area (Å²) in [4.78, 5) is 23.4. The van der Waals surface area contributed by atoms with Gasteiger partial charge in [-0.05, 0) is 48.2 Å². The quantitative estimate of drug-likeness (QED) is 0.277. The Labute approximate surface area is 196 Å². The lowest BCUT2D eigenvalue weighted by molar-refractivity contribution is -0.384. The summed E-state index contributed by atoms with van der Waals surface area (Å²) in [7, 11) is 0. The van der Waals surface area contributed by atoms with E-state index in [1.165, 1.54) is 30.3 Å². The molecule has 1 aliphatic heterocycles. The van der Waals surface area contributed by atoms with Crippen LogP contribution in [-0.4, -0.2) is 9.85 Å². The van der Waals surface area contributed by atoms with Gasteiger partial charge in [0.1, 0.15) is 10.0 Å². The molecule has 0 N–H and O–H groups in total. The summed E-state index contributed by atoms with van der Waals surface area (Å²) in [5.74, 6) is -2.07. The Morgan fingerprint density at radius 1 is 0.758 bits per heavy atom. The second-order valence-electron chi connectivity index (χ2n) is 7.55. The molecule has 0 unspecified atom stereocenters. The number of benzene rings is 3. The molecule has 33 heavy (non-hydrogen) atoms. The van der Waals surface area contributed by atoms with Crippen molar-refractivity contribution in [1.82, 2.24) is 0 Å². The van der Waals surface area contributed by atoms with E-state index in [2.05, 4.69) is 0 Å². The van der Waals surface area contributed by atoms with Crippen molar-refractivity contribution < 1.29 is 18.6 Å². The van der Waals surface area contributed by atoms with E-state index >= 15 is 0 Å². The van der Waals surface area contributed by atoms with Gasteiger partial charge in [-0.2, -0.15) is 0 Å². The third-order valence-electron chi connectivity index (χ3n) is 5.69. The molecule has 0 radical (unpaired) electrons. The van der Waals surface area contributed by atoms with Crippen molar-refractivity contribution in [1.29, 1.82) is 0 Å². The van der Waals surface area contributed by atoms with Gasteiger partial charge >= 0.3 is 0 Å². The van der Waals surface area contributed by atoms with Gasteiger partial charge in [0, 0.05) is 23.9 Å². The molecule has 0 aliphatic carbocycles. The Balaban J connectivity index is 1.84. The van der Waals surface area contributed by atoms with Crippen molar-refractivity contribution in [2.75, 3.05) is 4.90 Å². The maximum absolute atomic E-state index is 14.1. The van der Waals surface area contributed by atoms with Gasteiger partial charge in [-0.1, -0.05) is 35.3 Å². The van der Waals surface area contributed by atoms with Crippen LogP contribution in [0.15, 0.2) is 54.6 Å². The fourth-order valence-corrected chi connectivity index (χ4v) is 4.60. The summed E-state index contributed by atoms with van der Waals surface area (Å²) in [6.45, 7) is 0. The lowest BCUT2D eigenvalue weighted by Crippen LogP contribution is -2.26. The SMILES string of the molecule is O=[N+]([O-])c1cc([C@H]2CC[C@H](c3ccc(Cl)c([N+](=O)[O-])c3)N2c2ccc(F)c(F)c2)ccc1Cl. The fourth-order valence-electron chi connectivity index (χ4n) is 4.22. The molecular weight excluding hydrogens is 479 g/mol. The van der Waals surface area contributed by atoms with Crippen LogP contribution in [0.5, 0.6) is 0 Å². The van der Waals surface area contributed by atoms with Crippen LogP contribution < -0.4 is 4.90 Å². The molecule has 0 amide bonds. The average molecular weight is 494 g/mol. The lowest BCUT2D eigenvalue weighted by Gasteiger charge is -2.33. The topological polar surface area (TPSA) is 89.5 Å². The smallest absolute Gasteiger partial charge is 0.288 e. The van der Waals surface area contributed by atoms with Gasteiger partial charge in [0.2, 0.25) is 0 Å². The molecular formula is C22H15Cl2F2N3O4. The van der Waals surface area contributed by atoms with Gasteiger partial charge in [0.15, 0.2) is 11.6 Å². The van der Waals surface area contributed by atoms with Crippen LogP contribution in [0, 0.1) is 31.9 Å². The molecule has 0 saturated carbocycles. The summed E-state index contributed by atoms with van der Waals surface area (Å²) in [5, 5.41) is 22.7. The number of nitro groups is 2. The zero-order valence-corrected chi connectivity index (χ0v) is 18.3. The second-order valence-corrected chi connectivity index (χ2v) is 8.36. The third-order valence-corrected chi connectivity index (χ3v) is 6.33. The highest BCUT2D eigenvalue weighted by Gasteiger charge is 2.37. The largest absolute Gasteiger partial charge is 0.357 e. The van der Waals surface area contributed by atoms with Gasteiger partial charge in [-0.15, -0.1) is 0 Å². The molecule has 4 rings (SSSR count). The number of nitrogens with zero attached hydrogens (tertiary/aromatic N) is 3. The molecule has 0 spiro atoms. The zero-order valence-electron chi connectivity index (χ0n) is 16.8. The van der Waals surface area contributed by atoms with E-state index in [-0.39, 0.29) is 21.4 Å². The zero-order chi connectivity index (χ0) is 23.9. The van der Waals surface area contributed by atoms with Crippen LogP contribution in [0.3, 0.4) is 0 Å². The first-order valence-electron chi connectivity index (χ1n) is 9.78. The van der Waals surface area contributed by atoms with Crippen LogP contribution in [0.1, 0.15) is 36.1 Å². The second kappa shape index (κ2) is 8.92. The molecule has 0 aromatic heterocycles. The highest BCUT2D eigenvalue weighted by molar-refractivity contribution is 6.33. The van der Waals surface area contributed by atoms with Gasteiger partial charge in [-0.25, -0.2) is 8.78 Å². The monoisotopic (exact) mass is 493 g/mol. The maximum Gasteiger partial charge on any atom is 0.288 e. The van der Waals surface area contributed by atoms with Crippen molar-refractivity contribution in [3.63, 3.8) is 0 Å². The minimum atomic E-state index is -1.05. The predicted octanol–water partition coefficient (Wildman–Crippen LogP) is 7.17. The van der Waals surface area contributed by atoms with Crippen molar-refractivity contribution in [2.45, 2.75) is 24.9 Å². The van der Waals surface area contributed by atoms with Crippen LogP contribution >= 0.6 is 23.2 Å². The van der Waals surface area contributed by atoms with Crippen molar-refractivity contribution in [3.8, 4) is 0 Å². The number of hydrogen-bond acceptors (Lipinski definition) is 5. The van der Waals surface area contributed by atoms with Crippen molar-refractivity contribution in [2.24, 2.45) is 0 Å². The normalized spacial score (nSPS) is 17.9. The van der Waals surface area contributed by atoms with E-state index in [0.717, 1.165) is 12.1 Å². The Morgan fingerprint density at radius 3 is 1.67 bits per heavy atom. The van der Waals surface area contributed by atoms with Crippen molar-refractivity contribution >= 4 is 40.3 Å². The number of nitro benzene ring substituents is 2. The fraction of sp³-hybridized carbons (Fsp3) is 0.182. The average Bonchev–Trinajstić information content (AvgIpc) is 3.21. The number of halogens is 4. The van der Waals surface area contributed by atoms with E-state index in [4.69, 9.17) is 23.2 Å². The molecule has 11 heteroatoms. The molecule has 170 valence electrons. The molecule has 1 fully saturated rings. The van der Waals surface area contributed by atoms with E-state index < -0.39 is 33.6 Å². The summed E-state index contributed by atoms with van der Waals surface area (Å²) in [5.41, 5.74) is 0.898. The van der Waals surface area contributed by atoms with Gasteiger partial charge < -0.3 is 4.90 Å². The summed E-state index contributed by atoms with van der Waals surface area (Å²) in [6, 6.07) is 11.3. The Kier molecular flexibility index (Phi) is 6.18. The standard InChI is InChI=1S/C22H15Cl2F2N3O4/c23-15-4-1-12(9-21(15)28(30)31)19-7-8-20(13-2-5-16(24)22(10-13)29(32)33)27(19)14-3-6-17(25)18(26)11-14/h1-6,9-11,19-20H,7-8H2/t19-,20-/m1/s1. The van der Waals surface area contributed by atoms with Crippen LogP contribution in [0.4, 0.5) is 25.8 Å². The summed E-state index contributed by atoms with van der Waals surface area (Å²) < 4.78 is 27.7. The Morgan fingerprint density at radius 2 is 1.24 bits per heavy atom. The summed E-state index contributed by atoms with van der Waals surface area (Å²) in [6.07, 6.45) is 0.998. The number of rotatable bonds is 5. The highest BCUT2D eigenvalue weighted by Crippen LogP contribution is 2.48. The van der Waals surface area contributed by atoms with Crippen molar-refractivity contribution in [3.05, 3.63) is 108 Å². The van der Waals surface area contributed by atoms with Gasteiger partial charge in [0.25, 0.3) is 11.4 Å². The molecule has 3 aromatic carbocycles. The van der Waals surface area contributed by atoms with E-state index in [9.17, 15) is 29.0 Å². The van der Waals surface area contributed by atoms with E-state index in [0.29, 0.717) is 29.7 Å². The van der Waals surface area contributed by atoms with Gasteiger partial charge in [0.05, 0.1) is 21.9 Å². The third kappa shape index (κ3) is 4.34. The maximum atomic E-state index is 14.1. The minimum absolute atomic E-state index is 0.0222. The Hall–Kier alpha value is -3.30. The van der Waals surface area contributed by atoms with E-state index in [1.807, 2.05) is 0 Å². The molecule has 1 saturated heterocycles. The minimum Gasteiger partial charge on any atom is -0.357 e. The Bertz CT molecular complexity index is 1200. The molecule has 2 atom stereocenters. The molecule has 1 aliphatic rings. The lowest BCUT2D eigenvalue weighted by atomic mass is 10.0. The van der Waals surface area contributed by atoms with Gasteiger partial charge in [-0.3, -0.25) is 20.2 Å². The number of anilines is 1.